The molecule has 5 nitrogen and oxygen atoms in total. The van der Waals surface area contributed by atoms with E-state index in [2.05, 4.69) is 18.9 Å². The minimum Gasteiger partial charge on any atom is -0.495 e. The van der Waals surface area contributed by atoms with E-state index in [1.165, 1.54) is 0 Å². The first-order chi connectivity index (χ1) is 9.02. The molecule has 1 aliphatic heterocycles. The highest BCUT2D eigenvalue weighted by atomic mass is 16.5. The Morgan fingerprint density at radius 3 is 2.79 bits per heavy atom. The number of anilines is 1. The molecule has 104 valence electrons. The molecule has 1 aromatic carbocycles. The van der Waals surface area contributed by atoms with Crippen LogP contribution in [0.25, 0.3) is 0 Å². The lowest BCUT2D eigenvalue weighted by Crippen LogP contribution is -2.52. The van der Waals surface area contributed by atoms with Crippen LogP contribution in [0.5, 0.6) is 5.75 Å². The Balaban J connectivity index is 2.19. The van der Waals surface area contributed by atoms with Crippen LogP contribution in [0.15, 0.2) is 18.2 Å². The first kappa shape index (κ1) is 13.7. The van der Waals surface area contributed by atoms with Gasteiger partial charge in [-0.1, -0.05) is 0 Å². The van der Waals surface area contributed by atoms with Crippen molar-refractivity contribution in [3.8, 4) is 5.75 Å². The Kier molecular flexibility index (Phi) is 3.95. The molecule has 19 heavy (non-hydrogen) atoms. The van der Waals surface area contributed by atoms with Gasteiger partial charge in [-0.25, -0.2) is 0 Å². The first-order valence-corrected chi connectivity index (χ1v) is 6.46. The van der Waals surface area contributed by atoms with Crippen molar-refractivity contribution in [3.05, 3.63) is 23.8 Å². The molecule has 0 spiro atoms. The van der Waals surface area contributed by atoms with Crippen LogP contribution in [0, 0.1) is 0 Å². The number of carbonyl (C=O) groups excluding carboxylic acids is 1. The predicted molar refractivity (Wildman–Crippen MR) is 75.4 cm³/mol. The summed E-state index contributed by atoms with van der Waals surface area (Å²) in [6.07, 6.45) is 0. The summed E-state index contributed by atoms with van der Waals surface area (Å²) in [6.45, 7) is 4.63. The van der Waals surface area contributed by atoms with Crippen molar-refractivity contribution >= 4 is 11.6 Å². The quantitative estimate of drug-likeness (QED) is 0.810. The summed E-state index contributed by atoms with van der Waals surface area (Å²) < 4.78 is 5.16. The number of carbonyl (C=O) groups is 1. The van der Waals surface area contributed by atoms with Crippen molar-refractivity contribution in [1.29, 1.82) is 0 Å². The normalized spacial score (nSPS) is 20.4. The summed E-state index contributed by atoms with van der Waals surface area (Å²) in [5.74, 6) is 0.589. The Hall–Kier alpha value is -1.75. The van der Waals surface area contributed by atoms with E-state index in [9.17, 15) is 4.79 Å². The number of hydrogen-bond acceptors (Lipinski definition) is 4. The number of benzene rings is 1. The van der Waals surface area contributed by atoms with E-state index in [-0.39, 0.29) is 11.9 Å². The molecular formula is C14H21N3O2. The number of rotatable bonds is 2. The van der Waals surface area contributed by atoms with Crippen molar-refractivity contribution < 1.29 is 9.53 Å². The molecule has 1 saturated heterocycles. The lowest BCUT2D eigenvalue weighted by Gasteiger charge is -2.38. The zero-order valence-electron chi connectivity index (χ0n) is 11.7. The summed E-state index contributed by atoms with van der Waals surface area (Å²) in [5, 5.41) is 0. The smallest absolute Gasteiger partial charge is 0.254 e. The van der Waals surface area contributed by atoms with Crippen LogP contribution in [0.1, 0.15) is 17.3 Å². The summed E-state index contributed by atoms with van der Waals surface area (Å²) in [4.78, 5) is 16.6. The number of ether oxygens (including phenoxy) is 1. The van der Waals surface area contributed by atoms with Gasteiger partial charge in [0.05, 0.1) is 12.8 Å². The van der Waals surface area contributed by atoms with Crippen LogP contribution >= 0.6 is 0 Å². The predicted octanol–water partition coefficient (Wildman–Crippen LogP) is 1.05. The van der Waals surface area contributed by atoms with Gasteiger partial charge in [0.1, 0.15) is 5.75 Å². The average Bonchev–Trinajstić information content (AvgIpc) is 2.38. The lowest BCUT2D eigenvalue weighted by molar-refractivity contribution is 0.0533. The zero-order chi connectivity index (χ0) is 14.0. The highest BCUT2D eigenvalue weighted by Gasteiger charge is 2.26. The summed E-state index contributed by atoms with van der Waals surface area (Å²) in [5.41, 5.74) is 6.94. The third kappa shape index (κ3) is 2.81. The second-order valence-electron chi connectivity index (χ2n) is 5.07. The fraction of sp³-hybridized carbons (Fsp3) is 0.500. The van der Waals surface area contributed by atoms with Gasteiger partial charge in [-0.05, 0) is 32.2 Å². The number of amides is 1. The van der Waals surface area contributed by atoms with Crippen LogP contribution in [0.2, 0.25) is 0 Å². The molecule has 1 aliphatic rings. The van der Waals surface area contributed by atoms with Gasteiger partial charge in [0.25, 0.3) is 5.91 Å². The molecule has 0 aromatic heterocycles. The molecular weight excluding hydrogens is 242 g/mol. The molecule has 2 N–H and O–H groups in total. The van der Waals surface area contributed by atoms with Crippen molar-refractivity contribution in [3.63, 3.8) is 0 Å². The van der Waals surface area contributed by atoms with Gasteiger partial charge in [-0.15, -0.1) is 0 Å². The summed E-state index contributed by atoms with van der Waals surface area (Å²) in [6, 6.07) is 5.40. The number of methoxy groups -OCH3 is 1. The van der Waals surface area contributed by atoms with Crippen LogP contribution in [0.4, 0.5) is 5.69 Å². The standard InChI is InChI=1S/C14H21N3O2/c1-10-9-16(2)6-7-17(10)14(18)11-4-5-12(15)13(8-11)19-3/h4-5,8,10H,6-7,9,15H2,1-3H3. The maximum absolute atomic E-state index is 12.5. The van der Waals surface area contributed by atoms with Gasteiger partial charge >= 0.3 is 0 Å². The number of nitrogens with zero attached hydrogens (tertiary/aromatic N) is 2. The molecule has 5 heteroatoms. The van der Waals surface area contributed by atoms with E-state index in [4.69, 9.17) is 10.5 Å². The SMILES string of the molecule is COc1cc(C(=O)N2CCN(C)CC2C)ccc1N. The molecule has 0 radical (unpaired) electrons. The van der Waals surface area contributed by atoms with Gasteiger partial charge in [0.2, 0.25) is 0 Å². The van der Waals surface area contributed by atoms with Gasteiger partial charge in [-0.2, -0.15) is 0 Å². The van der Waals surface area contributed by atoms with Crippen molar-refractivity contribution in [2.24, 2.45) is 0 Å². The van der Waals surface area contributed by atoms with Gasteiger partial charge < -0.3 is 20.3 Å². The molecule has 1 unspecified atom stereocenters. The van der Waals surface area contributed by atoms with Gasteiger partial charge in [-0.3, -0.25) is 4.79 Å². The molecule has 1 atom stereocenters. The summed E-state index contributed by atoms with van der Waals surface area (Å²) >= 11 is 0. The van der Waals surface area contributed by atoms with Crippen LogP contribution in [-0.4, -0.2) is 55.5 Å². The molecule has 0 bridgehead atoms. The van der Waals surface area contributed by atoms with Crippen LogP contribution < -0.4 is 10.5 Å². The monoisotopic (exact) mass is 263 g/mol. The second kappa shape index (κ2) is 5.48. The Labute approximate surface area is 113 Å². The Morgan fingerprint density at radius 2 is 2.16 bits per heavy atom. The fourth-order valence-electron chi connectivity index (χ4n) is 2.45. The third-order valence-electron chi connectivity index (χ3n) is 3.57. The number of nitrogen functional groups attached to an aromatic ring is 1. The minimum absolute atomic E-state index is 0.0406. The molecule has 1 aromatic rings. The molecule has 2 rings (SSSR count). The maximum Gasteiger partial charge on any atom is 0.254 e. The van der Waals surface area contributed by atoms with E-state index >= 15 is 0 Å². The number of piperazine rings is 1. The molecule has 0 saturated carbocycles. The minimum atomic E-state index is 0.0406. The number of hydrogen-bond donors (Lipinski definition) is 1. The maximum atomic E-state index is 12.5. The summed E-state index contributed by atoms with van der Waals surface area (Å²) in [7, 11) is 3.63. The first-order valence-electron chi connectivity index (χ1n) is 6.46. The Morgan fingerprint density at radius 1 is 1.42 bits per heavy atom. The van der Waals surface area contributed by atoms with Crippen molar-refractivity contribution in [1.82, 2.24) is 9.80 Å². The molecule has 1 heterocycles. The van der Waals surface area contributed by atoms with Crippen molar-refractivity contribution in [2.75, 3.05) is 39.5 Å². The topological polar surface area (TPSA) is 58.8 Å². The second-order valence-corrected chi connectivity index (χ2v) is 5.07. The number of nitrogens with two attached hydrogens (primary N) is 1. The Bertz CT molecular complexity index is 476. The van der Waals surface area contributed by atoms with E-state index in [0.717, 1.165) is 19.6 Å². The van der Waals surface area contributed by atoms with Crippen LogP contribution in [0.3, 0.4) is 0 Å². The third-order valence-corrected chi connectivity index (χ3v) is 3.57. The highest BCUT2D eigenvalue weighted by molar-refractivity contribution is 5.95. The van der Waals surface area contributed by atoms with Crippen LogP contribution in [-0.2, 0) is 0 Å². The lowest BCUT2D eigenvalue weighted by atomic mass is 10.1. The number of likely N-dealkylation sites (N-methyl/N-ethyl adjacent to an activating group) is 1. The van der Waals surface area contributed by atoms with Gasteiger partial charge in [0, 0.05) is 31.2 Å². The average molecular weight is 263 g/mol. The fourth-order valence-corrected chi connectivity index (χ4v) is 2.45. The van der Waals surface area contributed by atoms with E-state index in [1.807, 2.05) is 4.90 Å². The molecule has 1 amide bonds. The van der Waals surface area contributed by atoms with E-state index in [0.29, 0.717) is 17.0 Å². The van der Waals surface area contributed by atoms with E-state index in [1.54, 1.807) is 25.3 Å². The zero-order valence-corrected chi connectivity index (χ0v) is 11.7. The van der Waals surface area contributed by atoms with Gasteiger partial charge in [0.15, 0.2) is 0 Å². The van der Waals surface area contributed by atoms with Crippen molar-refractivity contribution in [2.45, 2.75) is 13.0 Å². The molecule has 1 fully saturated rings. The molecule has 0 aliphatic carbocycles. The largest absolute Gasteiger partial charge is 0.495 e. The highest BCUT2D eigenvalue weighted by Crippen LogP contribution is 2.23. The van der Waals surface area contributed by atoms with E-state index < -0.39 is 0 Å².